The second-order valence-electron chi connectivity index (χ2n) is 7.31. The maximum Gasteiger partial charge on any atom is 0.263 e. The first-order valence-electron chi connectivity index (χ1n) is 9.95. The number of nitrogens with one attached hydrogen (secondary N) is 1. The molecular weight excluding hydrogens is 380 g/mol. The summed E-state index contributed by atoms with van der Waals surface area (Å²) in [4.78, 5) is 28.2. The molecule has 1 saturated heterocycles. The summed E-state index contributed by atoms with van der Waals surface area (Å²) in [5.74, 6) is 0.0635. The molecule has 1 fully saturated rings. The number of thiophene rings is 1. The van der Waals surface area contributed by atoms with Crippen molar-refractivity contribution in [3.63, 3.8) is 0 Å². The molecule has 0 unspecified atom stereocenters. The summed E-state index contributed by atoms with van der Waals surface area (Å²) in [7, 11) is 0. The quantitative estimate of drug-likeness (QED) is 0.680. The molecule has 4 nitrogen and oxygen atoms in total. The summed E-state index contributed by atoms with van der Waals surface area (Å²) in [6.07, 6.45) is 1.39. The highest BCUT2D eigenvalue weighted by Crippen LogP contribution is 2.25. The number of carbonyl (C=O) groups is 2. The van der Waals surface area contributed by atoms with E-state index in [1.807, 2.05) is 83.1 Å². The van der Waals surface area contributed by atoms with Crippen LogP contribution in [0.1, 0.15) is 39.7 Å². The lowest BCUT2D eigenvalue weighted by Gasteiger charge is -2.32. The minimum absolute atomic E-state index is 0.0610. The van der Waals surface area contributed by atoms with Gasteiger partial charge in [-0.15, -0.1) is 11.3 Å². The Morgan fingerprint density at radius 1 is 0.862 bits per heavy atom. The van der Waals surface area contributed by atoms with E-state index >= 15 is 0 Å². The Morgan fingerprint density at radius 2 is 1.45 bits per heavy atom. The Labute approximate surface area is 175 Å². The number of amides is 2. The average Bonchev–Trinajstić information content (AvgIpc) is 3.33. The topological polar surface area (TPSA) is 49.4 Å². The van der Waals surface area contributed by atoms with Gasteiger partial charge in [0.05, 0.1) is 10.9 Å². The summed E-state index contributed by atoms with van der Waals surface area (Å²) in [5.41, 5.74) is 2.13. The second-order valence-corrected chi connectivity index (χ2v) is 8.25. The fourth-order valence-electron chi connectivity index (χ4n) is 3.81. The van der Waals surface area contributed by atoms with Gasteiger partial charge in [0.15, 0.2) is 0 Å². The summed E-state index contributed by atoms with van der Waals surface area (Å²) in [6.45, 7) is 1.24. The van der Waals surface area contributed by atoms with E-state index in [0.717, 1.165) is 16.0 Å². The van der Waals surface area contributed by atoms with Gasteiger partial charge in [0.1, 0.15) is 0 Å². The molecule has 0 aliphatic carbocycles. The Morgan fingerprint density at radius 3 is 1.97 bits per heavy atom. The lowest BCUT2D eigenvalue weighted by molar-refractivity contribution is -0.126. The number of hydrogen-bond acceptors (Lipinski definition) is 3. The predicted octanol–water partition coefficient (Wildman–Crippen LogP) is 4.51. The van der Waals surface area contributed by atoms with Crippen molar-refractivity contribution in [2.24, 2.45) is 5.92 Å². The van der Waals surface area contributed by atoms with Crippen LogP contribution in [-0.4, -0.2) is 29.8 Å². The minimum Gasteiger partial charge on any atom is -0.345 e. The van der Waals surface area contributed by atoms with Crippen LogP contribution >= 0.6 is 11.3 Å². The van der Waals surface area contributed by atoms with Crippen LogP contribution in [0.3, 0.4) is 0 Å². The predicted molar refractivity (Wildman–Crippen MR) is 116 cm³/mol. The Balaban J connectivity index is 1.42. The van der Waals surface area contributed by atoms with Crippen molar-refractivity contribution in [2.75, 3.05) is 13.1 Å². The minimum atomic E-state index is -0.171. The molecule has 0 spiro atoms. The molecule has 0 atom stereocenters. The van der Waals surface area contributed by atoms with Gasteiger partial charge < -0.3 is 10.2 Å². The van der Waals surface area contributed by atoms with Crippen molar-refractivity contribution < 1.29 is 9.59 Å². The molecule has 0 bridgehead atoms. The van der Waals surface area contributed by atoms with Crippen LogP contribution in [-0.2, 0) is 4.79 Å². The van der Waals surface area contributed by atoms with Crippen LogP contribution in [0, 0.1) is 5.92 Å². The van der Waals surface area contributed by atoms with E-state index in [0.29, 0.717) is 25.9 Å². The standard InChI is InChI=1S/C24H24N2O2S/c27-23(20-13-15-26(16-14-20)24(28)21-12-7-17-29-21)25-22(18-8-3-1-4-9-18)19-10-5-2-6-11-19/h1-12,17,20,22H,13-16H2,(H,25,27). The van der Waals surface area contributed by atoms with Crippen molar-refractivity contribution in [2.45, 2.75) is 18.9 Å². The molecule has 1 aliphatic rings. The number of carbonyl (C=O) groups excluding carboxylic acids is 2. The van der Waals surface area contributed by atoms with Crippen molar-refractivity contribution >= 4 is 23.2 Å². The zero-order chi connectivity index (χ0) is 20.1. The number of likely N-dealkylation sites (tertiary alicyclic amines) is 1. The van der Waals surface area contributed by atoms with Gasteiger partial charge in [0.2, 0.25) is 5.91 Å². The highest BCUT2D eigenvalue weighted by molar-refractivity contribution is 7.12. The Hall–Kier alpha value is -2.92. The molecule has 4 rings (SSSR count). The van der Waals surface area contributed by atoms with Crippen molar-refractivity contribution in [3.05, 3.63) is 94.2 Å². The molecule has 2 heterocycles. The second kappa shape index (κ2) is 9.05. The van der Waals surface area contributed by atoms with Crippen LogP contribution < -0.4 is 5.32 Å². The molecule has 148 valence electrons. The van der Waals surface area contributed by atoms with Gasteiger partial charge >= 0.3 is 0 Å². The van der Waals surface area contributed by atoms with E-state index in [9.17, 15) is 9.59 Å². The van der Waals surface area contributed by atoms with Gasteiger partial charge in [-0.3, -0.25) is 9.59 Å². The highest BCUT2D eigenvalue weighted by Gasteiger charge is 2.29. The molecule has 1 aromatic heterocycles. The van der Waals surface area contributed by atoms with Crippen molar-refractivity contribution in [1.29, 1.82) is 0 Å². The van der Waals surface area contributed by atoms with Crippen LogP contribution in [0.4, 0.5) is 0 Å². The van der Waals surface area contributed by atoms with Gasteiger partial charge in [-0.1, -0.05) is 66.7 Å². The smallest absolute Gasteiger partial charge is 0.263 e. The third-order valence-corrected chi connectivity index (χ3v) is 6.30. The summed E-state index contributed by atoms with van der Waals surface area (Å²) >= 11 is 1.46. The van der Waals surface area contributed by atoms with Gasteiger partial charge in [-0.25, -0.2) is 0 Å². The Kier molecular flexibility index (Phi) is 6.06. The first-order valence-corrected chi connectivity index (χ1v) is 10.8. The van der Waals surface area contributed by atoms with Gasteiger partial charge in [-0.05, 0) is 35.4 Å². The number of piperidine rings is 1. The van der Waals surface area contributed by atoms with Gasteiger partial charge in [-0.2, -0.15) is 0 Å². The fourth-order valence-corrected chi connectivity index (χ4v) is 4.50. The molecule has 29 heavy (non-hydrogen) atoms. The average molecular weight is 405 g/mol. The maximum atomic E-state index is 13.0. The molecule has 5 heteroatoms. The molecular formula is C24H24N2O2S. The first kappa shape index (κ1) is 19.4. The van der Waals surface area contributed by atoms with E-state index in [2.05, 4.69) is 5.32 Å². The summed E-state index contributed by atoms with van der Waals surface area (Å²) < 4.78 is 0. The third kappa shape index (κ3) is 4.57. The van der Waals surface area contributed by atoms with E-state index in [-0.39, 0.29) is 23.8 Å². The number of rotatable bonds is 5. The van der Waals surface area contributed by atoms with E-state index < -0.39 is 0 Å². The van der Waals surface area contributed by atoms with Gasteiger partial charge in [0.25, 0.3) is 5.91 Å². The molecule has 2 aromatic carbocycles. The number of hydrogen-bond donors (Lipinski definition) is 1. The Bertz CT molecular complexity index is 894. The number of nitrogens with zero attached hydrogens (tertiary/aromatic N) is 1. The summed E-state index contributed by atoms with van der Waals surface area (Å²) in [5, 5.41) is 5.17. The van der Waals surface area contributed by atoms with Gasteiger partial charge in [0, 0.05) is 19.0 Å². The molecule has 1 N–H and O–H groups in total. The maximum absolute atomic E-state index is 13.0. The van der Waals surface area contributed by atoms with E-state index in [4.69, 9.17) is 0 Å². The van der Waals surface area contributed by atoms with Crippen LogP contribution in [0.15, 0.2) is 78.2 Å². The van der Waals surface area contributed by atoms with Crippen molar-refractivity contribution in [1.82, 2.24) is 10.2 Å². The molecule has 0 radical (unpaired) electrons. The van der Waals surface area contributed by atoms with E-state index in [1.165, 1.54) is 11.3 Å². The normalized spacial score (nSPS) is 14.7. The summed E-state index contributed by atoms with van der Waals surface area (Å²) in [6, 6.07) is 23.7. The van der Waals surface area contributed by atoms with Crippen LogP contribution in [0.25, 0.3) is 0 Å². The van der Waals surface area contributed by atoms with Crippen LogP contribution in [0.2, 0.25) is 0 Å². The molecule has 2 amide bonds. The monoisotopic (exact) mass is 404 g/mol. The highest BCUT2D eigenvalue weighted by atomic mass is 32.1. The van der Waals surface area contributed by atoms with Crippen molar-refractivity contribution in [3.8, 4) is 0 Å². The van der Waals surface area contributed by atoms with E-state index in [1.54, 1.807) is 0 Å². The largest absolute Gasteiger partial charge is 0.345 e. The molecule has 1 aliphatic heterocycles. The zero-order valence-corrected chi connectivity index (χ0v) is 17.0. The first-order chi connectivity index (χ1) is 14.2. The van der Waals surface area contributed by atoms with Crippen LogP contribution in [0.5, 0.6) is 0 Å². The lowest BCUT2D eigenvalue weighted by Crippen LogP contribution is -2.43. The third-order valence-electron chi connectivity index (χ3n) is 5.44. The fraction of sp³-hybridized carbons (Fsp3) is 0.250. The molecule has 0 saturated carbocycles. The lowest BCUT2D eigenvalue weighted by atomic mass is 9.93. The SMILES string of the molecule is O=C(NC(c1ccccc1)c1ccccc1)C1CCN(C(=O)c2cccs2)CC1. The number of benzene rings is 2. The zero-order valence-electron chi connectivity index (χ0n) is 16.2. The molecule has 3 aromatic rings.